The molecule has 6 rings (SSSR count). The molecule has 4 aliphatic heterocycles. The molecule has 0 saturated carbocycles. The van der Waals surface area contributed by atoms with E-state index < -0.39 is 47.1 Å². The van der Waals surface area contributed by atoms with Crippen molar-refractivity contribution in [3.05, 3.63) is 64.2 Å². The first-order chi connectivity index (χ1) is 19.0. The van der Waals surface area contributed by atoms with E-state index in [1.54, 1.807) is 24.3 Å². The zero-order chi connectivity index (χ0) is 28.5. The molecule has 204 valence electrons. The van der Waals surface area contributed by atoms with Gasteiger partial charge in [-0.3, -0.25) is 34.3 Å². The van der Waals surface area contributed by atoms with Crippen LogP contribution in [0.25, 0.3) is 6.08 Å². The number of imide groups is 4. The van der Waals surface area contributed by atoms with E-state index in [1.807, 2.05) is 11.0 Å². The number of rotatable bonds is 2. The second kappa shape index (κ2) is 9.02. The van der Waals surface area contributed by atoms with E-state index in [-0.39, 0.29) is 17.7 Å². The highest BCUT2D eigenvalue weighted by Crippen LogP contribution is 2.49. The Morgan fingerprint density at radius 1 is 0.975 bits per heavy atom. The van der Waals surface area contributed by atoms with Crippen LogP contribution in [0.1, 0.15) is 24.0 Å². The van der Waals surface area contributed by atoms with Gasteiger partial charge in [0.2, 0.25) is 11.8 Å². The molecule has 2 aromatic rings. The second-order valence-corrected chi connectivity index (χ2v) is 10.8. The van der Waals surface area contributed by atoms with Crippen LogP contribution in [0, 0.1) is 5.41 Å². The van der Waals surface area contributed by atoms with Gasteiger partial charge in [0, 0.05) is 31.4 Å². The third-order valence-corrected chi connectivity index (χ3v) is 8.36. The van der Waals surface area contributed by atoms with Crippen molar-refractivity contribution in [2.45, 2.75) is 25.3 Å². The van der Waals surface area contributed by atoms with Gasteiger partial charge in [-0.1, -0.05) is 23.7 Å². The minimum atomic E-state index is -1.47. The molecule has 1 N–H and O–H groups in total. The molecule has 0 bridgehead atoms. The summed E-state index contributed by atoms with van der Waals surface area (Å²) in [5, 5.41) is 2.50. The van der Waals surface area contributed by atoms with Crippen LogP contribution < -0.4 is 15.1 Å². The first-order valence-electron chi connectivity index (χ1n) is 12.7. The summed E-state index contributed by atoms with van der Waals surface area (Å²) in [5.41, 5.74) is 0.474. The molecule has 4 aliphatic rings. The van der Waals surface area contributed by atoms with Crippen LogP contribution in [0.4, 0.5) is 21.0 Å². The molecule has 12 heteroatoms. The highest BCUT2D eigenvalue weighted by Gasteiger charge is 2.63. The summed E-state index contributed by atoms with van der Waals surface area (Å²) in [4.78, 5) is 83.2. The number of nitrogens with zero attached hydrogens (tertiary/aromatic N) is 4. The summed E-state index contributed by atoms with van der Waals surface area (Å²) < 4.78 is 0. The molecule has 1 unspecified atom stereocenters. The van der Waals surface area contributed by atoms with E-state index in [0.29, 0.717) is 29.1 Å². The zero-order valence-electron chi connectivity index (χ0n) is 21.6. The van der Waals surface area contributed by atoms with Gasteiger partial charge in [-0.25, -0.2) is 14.5 Å². The lowest BCUT2D eigenvalue weighted by molar-refractivity contribution is -0.159. The highest BCUT2D eigenvalue weighted by atomic mass is 35.5. The average molecular weight is 562 g/mol. The summed E-state index contributed by atoms with van der Waals surface area (Å²) in [7, 11) is 2.76. The van der Waals surface area contributed by atoms with Gasteiger partial charge in [0.05, 0.1) is 11.7 Å². The quantitative estimate of drug-likeness (QED) is 0.339. The lowest BCUT2D eigenvalue weighted by Gasteiger charge is -2.50. The minimum Gasteiger partial charge on any atom is -0.367 e. The molecule has 1 spiro atoms. The Morgan fingerprint density at radius 3 is 2.40 bits per heavy atom. The Balaban J connectivity index is 1.41. The van der Waals surface area contributed by atoms with Crippen molar-refractivity contribution in [2.24, 2.45) is 5.41 Å². The molecule has 0 radical (unpaired) electrons. The Kier molecular flexibility index (Phi) is 5.81. The molecule has 8 amide bonds. The molecule has 4 heterocycles. The fourth-order valence-electron chi connectivity index (χ4n) is 6.30. The smallest absolute Gasteiger partial charge is 0.335 e. The predicted molar refractivity (Wildman–Crippen MR) is 144 cm³/mol. The van der Waals surface area contributed by atoms with Crippen LogP contribution in [-0.4, -0.2) is 72.2 Å². The summed E-state index contributed by atoms with van der Waals surface area (Å²) in [6.45, 7) is 0.638. The van der Waals surface area contributed by atoms with E-state index in [0.717, 1.165) is 26.8 Å². The number of nitrogens with one attached hydrogen (secondary N) is 1. The van der Waals surface area contributed by atoms with Crippen molar-refractivity contribution in [1.29, 1.82) is 0 Å². The number of carbonyl (C=O) groups is 6. The number of hydrogen-bond acceptors (Lipinski definition) is 7. The van der Waals surface area contributed by atoms with Crippen LogP contribution in [0.2, 0.25) is 5.02 Å². The van der Waals surface area contributed by atoms with Gasteiger partial charge in [-0.15, -0.1) is 0 Å². The number of fused-ring (bicyclic) bond motifs is 4. The molecule has 1 atom stereocenters. The van der Waals surface area contributed by atoms with Crippen LogP contribution >= 0.6 is 11.6 Å². The first kappa shape index (κ1) is 25.8. The lowest BCUT2D eigenvalue weighted by Crippen LogP contribution is -2.70. The van der Waals surface area contributed by atoms with Gasteiger partial charge in [-0.05, 0) is 66.8 Å². The van der Waals surface area contributed by atoms with Crippen molar-refractivity contribution in [2.75, 3.05) is 30.4 Å². The number of amides is 8. The van der Waals surface area contributed by atoms with Crippen LogP contribution in [0.15, 0.2) is 48.0 Å². The topological polar surface area (TPSA) is 127 Å². The first-order valence-corrected chi connectivity index (χ1v) is 13.1. The van der Waals surface area contributed by atoms with Crippen LogP contribution in [0.3, 0.4) is 0 Å². The Labute approximate surface area is 233 Å². The predicted octanol–water partition coefficient (Wildman–Crippen LogP) is 2.57. The number of anilines is 2. The number of carbonyl (C=O) groups excluding carboxylic acids is 6. The van der Waals surface area contributed by atoms with Gasteiger partial charge in [0.15, 0.2) is 5.41 Å². The summed E-state index contributed by atoms with van der Waals surface area (Å²) in [6.07, 6.45) is 2.84. The van der Waals surface area contributed by atoms with E-state index in [9.17, 15) is 28.8 Å². The lowest BCUT2D eigenvalue weighted by atomic mass is 9.68. The van der Waals surface area contributed by atoms with Crippen molar-refractivity contribution in [3.63, 3.8) is 0 Å². The standard InChI is InChI=1S/C28H24ClN5O6/c1-31-24(37)28(25(38)32(2)27(31)40)14-16-11-15(8-9-20(16)33-10-4-7-21(28)33)12-19-22(35)30-26(39)34(23(19)36)18-6-3-5-17(29)13-18/h3,5-6,8-9,11-13,21H,4,7,10,14H2,1-2H3,(H,30,35,39)/b19-12+. The van der Waals surface area contributed by atoms with Crippen molar-refractivity contribution in [1.82, 2.24) is 15.1 Å². The fourth-order valence-corrected chi connectivity index (χ4v) is 6.49. The third-order valence-electron chi connectivity index (χ3n) is 8.13. The maximum atomic E-state index is 13.6. The number of barbiturate groups is 2. The second-order valence-electron chi connectivity index (χ2n) is 10.3. The highest BCUT2D eigenvalue weighted by molar-refractivity contribution is 6.39. The van der Waals surface area contributed by atoms with E-state index in [1.165, 1.54) is 32.3 Å². The van der Waals surface area contributed by atoms with E-state index in [4.69, 9.17) is 11.6 Å². The molecule has 0 aliphatic carbocycles. The molecule has 2 aromatic carbocycles. The fraction of sp³-hybridized carbons (Fsp3) is 0.286. The van der Waals surface area contributed by atoms with Gasteiger partial charge in [0.25, 0.3) is 11.8 Å². The summed E-state index contributed by atoms with van der Waals surface area (Å²) >= 11 is 6.04. The largest absolute Gasteiger partial charge is 0.367 e. The maximum absolute atomic E-state index is 13.6. The van der Waals surface area contributed by atoms with Crippen molar-refractivity contribution in [3.8, 4) is 0 Å². The van der Waals surface area contributed by atoms with Gasteiger partial charge >= 0.3 is 12.1 Å². The normalized spacial score (nSPS) is 23.3. The molecule has 3 fully saturated rings. The van der Waals surface area contributed by atoms with Gasteiger partial charge < -0.3 is 4.90 Å². The maximum Gasteiger partial charge on any atom is 0.335 e. The Morgan fingerprint density at radius 2 is 1.70 bits per heavy atom. The summed E-state index contributed by atoms with van der Waals surface area (Å²) in [5.74, 6) is -2.74. The summed E-state index contributed by atoms with van der Waals surface area (Å²) in [6, 6.07) is 9.50. The van der Waals surface area contributed by atoms with E-state index in [2.05, 4.69) is 5.32 Å². The Bertz CT molecular complexity index is 1560. The van der Waals surface area contributed by atoms with Gasteiger partial charge in [0.1, 0.15) is 5.57 Å². The molecule has 3 saturated heterocycles. The molecular weight excluding hydrogens is 538 g/mol. The SMILES string of the molecule is CN1C(=O)N(C)C(=O)C2(Cc3cc(/C=C4\C(=O)NC(=O)N(c5cccc(Cl)c5)C4=O)ccc3N3CCCC32)C1=O. The van der Waals surface area contributed by atoms with Crippen LogP contribution in [0.5, 0.6) is 0 Å². The molecular formula is C28H24ClN5O6. The van der Waals surface area contributed by atoms with Crippen molar-refractivity contribution < 1.29 is 28.8 Å². The molecule has 0 aromatic heterocycles. The van der Waals surface area contributed by atoms with Gasteiger partial charge in [-0.2, -0.15) is 0 Å². The number of benzene rings is 2. The van der Waals surface area contributed by atoms with Crippen molar-refractivity contribution >= 4 is 64.7 Å². The zero-order valence-corrected chi connectivity index (χ0v) is 22.4. The monoisotopic (exact) mass is 561 g/mol. The molecule has 11 nitrogen and oxygen atoms in total. The molecule has 40 heavy (non-hydrogen) atoms. The third kappa shape index (κ3) is 3.57. The number of hydrogen-bond donors (Lipinski definition) is 1. The number of urea groups is 2. The average Bonchev–Trinajstić information content (AvgIpc) is 3.43. The minimum absolute atomic E-state index is 0.0629. The Hall–Kier alpha value is -4.51. The number of halogens is 1. The van der Waals surface area contributed by atoms with Crippen LogP contribution in [-0.2, 0) is 25.6 Å². The van der Waals surface area contributed by atoms with E-state index >= 15 is 0 Å².